The molecule has 9 heteroatoms. The van der Waals surface area contributed by atoms with Crippen molar-refractivity contribution in [2.24, 2.45) is 0 Å². The van der Waals surface area contributed by atoms with Gasteiger partial charge < -0.3 is 4.74 Å². The number of halogens is 3. The van der Waals surface area contributed by atoms with Gasteiger partial charge in [0.15, 0.2) is 5.82 Å². The smallest absolute Gasteiger partial charge is 0.379 e. The highest BCUT2D eigenvalue weighted by molar-refractivity contribution is 5.53. The standard InChI is InChI=1S/C16H20F3N5O/c1-12(23-6-8-25-9-7-23)10-14-21-15(13-2-4-20-5-3-13)22-24(14)11-16(17,18)19/h2-5,12H,6-11H2,1H3/t12-/m1/s1. The van der Waals surface area contributed by atoms with Gasteiger partial charge in [0.1, 0.15) is 12.4 Å². The molecular weight excluding hydrogens is 335 g/mol. The highest BCUT2D eigenvalue weighted by Crippen LogP contribution is 2.22. The molecule has 0 radical (unpaired) electrons. The molecule has 1 aliphatic heterocycles. The number of pyridine rings is 1. The van der Waals surface area contributed by atoms with Crippen LogP contribution in [0, 0.1) is 0 Å². The minimum atomic E-state index is -4.35. The van der Waals surface area contributed by atoms with E-state index in [1.54, 1.807) is 24.5 Å². The number of ether oxygens (including phenoxy) is 1. The van der Waals surface area contributed by atoms with Crippen molar-refractivity contribution < 1.29 is 17.9 Å². The fourth-order valence-corrected chi connectivity index (χ4v) is 2.86. The second-order valence-electron chi connectivity index (χ2n) is 6.06. The van der Waals surface area contributed by atoms with E-state index in [2.05, 4.69) is 20.0 Å². The van der Waals surface area contributed by atoms with Crippen LogP contribution in [0.15, 0.2) is 24.5 Å². The summed E-state index contributed by atoms with van der Waals surface area (Å²) < 4.78 is 45.0. The van der Waals surface area contributed by atoms with Crippen molar-refractivity contribution in [2.45, 2.75) is 32.1 Å². The predicted octanol–water partition coefficient (Wildman–Crippen LogP) is 2.17. The molecule has 2 aromatic heterocycles. The highest BCUT2D eigenvalue weighted by Gasteiger charge is 2.31. The summed E-state index contributed by atoms with van der Waals surface area (Å²) in [5.74, 6) is 0.624. The van der Waals surface area contributed by atoms with Crippen LogP contribution in [0.1, 0.15) is 12.7 Å². The molecule has 1 atom stereocenters. The molecule has 3 rings (SSSR count). The van der Waals surface area contributed by atoms with Crippen LogP contribution < -0.4 is 0 Å². The van der Waals surface area contributed by atoms with Crippen LogP contribution in [-0.2, 0) is 17.7 Å². The first-order chi connectivity index (χ1) is 11.9. The fourth-order valence-electron chi connectivity index (χ4n) is 2.86. The quantitative estimate of drug-likeness (QED) is 0.823. The second kappa shape index (κ2) is 7.49. The number of rotatable bonds is 5. The van der Waals surface area contributed by atoms with E-state index in [-0.39, 0.29) is 11.9 Å². The van der Waals surface area contributed by atoms with E-state index < -0.39 is 12.7 Å². The first-order valence-corrected chi connectivity index (χ1v) is 8.15. The van der Waals surface area contributed by atoms with E-state index in [1.165, 1.54) is 0 Å². The molecule has 0 spiro atoms. The molecule has 1 aliphatic rings. The van der Waals surface area contributed by atoms with Crippen LogP contribution in [-0.4, -0.2) is 63.2 Å². The van der Waals surface area contributed by atoms with Crippen LogP contribution >= 0.6 is 0 Å². The molecule has 25 heavy (non-hydrogen) atoms. The largest absolute Gasteiger partial charge is 0.408 e. The van der Waals surface area contributed by atoms with Gasteiger partial charge in [0.2, 0.25) is 0 Å². The molecule has 1 saturated heterocycles. The van der Waals surface area contributed by atoms with Crippen LogP contribution in [0.4, 0.5) is 13.2 Å². The molecular formula is C16H20F3N5O. The molecule has 2 aromatic rings. The van der Waals surface area contributed by atoms with E-state index >= 15 is 0 Å². The van der Waals surface area contributed by atoms with Gasteiger partial charge in [-0.3, -0.25) is 9.88 Å². The number of nitrogens with zero attached hydrogens (tertiary/aromatic N) is 5. The lowest BCUT2D eigenvalue weighted by atomic mass is 10.2. The molecule has 0 N–H and O–H groups in total. The van der Waals surface area contributed by atoms with E-state index in [0.29, 0.717) is 31.0 Å². The minimum Gasteiger partial charge on any atom is -0.379 e. The molecule has 6 nitrogen and oxygen atoms in total. The lowest BCUT2D eigenvalue weighted by molar-refractivity contribution is -0.143. The Morgan fingerprint density at radius 2 is 1.88 bits per heavy atom. The summed E-state index contributed by atoms with van der Waals surface area (Å²) >= 11 is 0. The molecule has 0 bridgehead atoms. The van der Waals surface area contributed by atoms with Crippen LogP contribution in [0.5, 0.6) is 0 Å². The number of aromatic nitrogens is 4. The van der Waals surface area contributed by atoms with Gasteiger partial charge in [-0.15, -0.1) is 0 Å². The average molecular weight is 355 g/mol. The van der Waals surface area contributed by atoms with Gasteiger partial charge in [-0.05, 0) is 19.1 Å². The average Bonchev–Trinajstić information content (AvgIpc) is 2.97. The first-order valence-electron chi connectivity index (χ1n) is 8.15. The van der Waals surface area contributed by atoms with Gasteiger partial charge >= 0.3 is 6.18 Å². The van der Waals surface area contributed by atoms with E-state index in [0.717, 1.165) is 17.8 Å². The van der Waals surface area contributed by atoms with Crippen molar-refractivity contribution in [3.05, 3.63) is 30.4 Å². The van der Waals surface area contributed by atoms with Crippen LogP contribution in [0.3, 0.4) is 0 Å². The molecule has 1 fully saturated rings. The summed E-state index contributed by atoms with van der Waals surface area (Å²) in [7, 11) is 0. The van der Waals surface area contributed by atoms with Crippen molar-refractivity contribution in [2.75, 3.05) is 26.3 Å². The Bertz CT molecular complexity index is 683. The van der Waals surface area contributed by atoms with E-state index in [9.17, 15) is 13.2 Å². The Hall–Kier alpha value is -2.00. The third-order valence-corrected chi connectivity index (χ3v) is 4.16. The minimum absolute atomic E-state index is 0.0605. The zero-order valence-corrected chi connectivity index (χ0v) is 13.9. The maximum Gasteiger partial charge on any atom is 0.408 e. The van der Waals surface area contributed by atoms with Crippen LogP contribution in [0.25, 0.3) is 11.4 Å². The molecule has 3 heterocycles. The lowest BCUT2D eigenvalue weighted by Crippen LogP contribution is -2.43. The summed E-state index contributed by atoms with van der Waals surface area (Å²) in [6.45, 7) is 3.67. The summed E-state index contributed by atoms with van der Waals surface area (Å²) in [5, 5.41) is 4.08. The van der Waals surface area contributed by atoms with Crippen LogP contribution in [0.2, 0.25) is 0 Å². The van der Waals surface area contributed by atoms with Gasteiger partial charge in [-0.2, -0.15) is 18.3 Å². The van der Waals surface area contributed by atoms with Crippen molar-refractivity contribution in [3.63, 3.8) is 0 Å². The van der Waals surface area contributed by atoms with E-state index in [1.807, 2.05) is 6.92 Å². The Balaban J connectivity index is 1.83. The first kappa shape index (κ1) is 17.8. The third-order valence-electron chi connectivity index (χ3n) is 4.16. The maximum absolute atomic E-state index is 12.9. The SMILES string of the molecule is C[C@H](Cc1nc(-c2ccncc2)nn1CC(F)(F)F)N1CCOCC1. The zero-order valence-electron chi connectivity index (χ0n) is 13.9. The Morgan fingerprint density at radius 1 is 1.20 bits per heavy atom. The summed E-state index contributed by atoms with van der Waals surface area (Å²) in [6, 6.07) is 3.43. The Kier molecular flexibility index (Phi) is 5.33. The summed E-state index contributed by atoms with van der Waals surface area (Å²) in [5.41, 5.74) is 0.649. The number of morpholine rings is 1. The number of hydrogen-bond acceptors (Lipinski definition) is 5. The van der Waals surface area contributed by atoms with Crippen molar-refractivity contribution >= 4 is 0 Å². The van der Waals surface area contributed by atoms with Gasteiger partial charge in [-0.25, -0.2) is 9.67 Å². The highest BCUT2D eigenvalue weighted by atomic mass is 19.4. The van der Waals surface area contributed by atoms with Gasteiger partial charge in [0.05, 0.1) is 13.2 Å². The van der Waals surface area contributed by atoms with Gasteiger partial charge in [0.25, 0.3) is 0 Å². The number of hydrogen-bond donors (Lipinski definition) is 0. The Labute approximate surface area is 143 Å². The summed E-state index contributed by atoms with van der Waals surface area (Å²) in [6.07, 6.45) is -0.819. The van der Waals surface area contributed by atoms with E-state index in [4.69, 9.17) is 4.74 Å². The maximum atomic E-state index is 12.9. The van der Waals surface area contributed by atoms with Gasteiger partial charge in [-0.1, -0.05) is 0 Å². The van der Waals surface area contributed by atoms with Crippen molar-refractivity contribution in [1.82, 2.24) is 24.6 Å². The molecule has 136 valence electrons. The fraction of sp³-hybridized carbons (Fsp3) is 0.562. The summed E-state index contributed by atoms with van der Waals surface area (Å²) in [4.78, 5) is 10.5. The monoisotopic (exact) mass is 355 g/mol. The van der Waals surface area contributed by atoms with Gasteiger partial charge in [0, 0.05) is 43.5 Å². The third kappa shape index (κ3) is 4.76. The Morgan fingerprint density at radius 3 is 2.52 bits per heavy atom. The normalized spacial score (nSPS) is 17.6. The molecule has 0 saturated carbocycles. The molecule has 0 amide bonds. The van der Waals surface area contributed by atoms with Crippen molar-refractivity contribution in [3.8, 4) is 11.4 Å². The van der Waals surface area contributed by atoms with Crippen molar-refractivity contribution in [1.29, 1.82) is 0 Å². The number of alkyl halides is 3. The molecule has 0 aliphatic carbocycles. The second-order valence-corrected chi connectivity index (χ2v) is 6.06. The lowest BCUT2D eigenvalue weighted by Gasteiger charge is -2.32. The molecule has 0 aromatic carbocycles. The molecule has 0 unspecified atom stereocenters. The predicted molar refractivity (Wildman–Crippen MR) is 84.9 cm³/mol. The topological polar surface area (TPSA) is 56.1 Å². The zero-order chi connectivity index (χ0) is 17.9.